The van der Waals surface area contributed by atoms with Gasteiger partial charge in [0.2, 0.25) is 0 Å². The van der Waals surface area contributed by atoms with E-state index in [4.69, 9.17) is 20.5 Å². The Bertz CT molecular complexity index is 1430. The number of aliphatic hydroxyl groups is 2. The van der Waals surface area contributed by atoms with Crippen LogP contribution in [0.1, 0.15) is 16.2 Å². The number of hydrogen-bond donors (Lipinski definition) is 5. The number of fused-ring (bicyclic) bond motifs is 1. The van der Waals surface area contributed by atoms with Gasteiger partial charge in [-0.25, -0.2) is 20.1 Å². The lowest BCUT2D eigenvalue weighted by Gasteiger charge is -2.17. The van der Waals surface area contributed by atoms with Crippen LogP contribution in [0.15, 0.2) is 24.8 Å². The van der Waals surface area contributed by atoms with Crippen molar-refractivity contribution < 1.29 is 23.9 Å². The zero-order chi connectivity index (χ0) is 26.3. The third-order valence-corrected chi connectivity index (χ3v) is 5.30. The number of nitrogens with one attached hydrogen (secondary N) is 3. The highest BCUT2D eigenvalue weighted by Gasteiger charge is 2.47. The Hall–Kier alpha value is -3.79. The fraction of sp³-hybridized carbons (Fsp3) is 0.333. The Morgan fingerprint density at radius 2 is 2.24 bits per heavy atom. The Labute approximate surface area is 199 Å². The molecule has 176 valence electrons. The van der Waals surface area contributed by atoms with E-state index in [1.165, 1.54) is 23.3 Å². The molecule has 0 unspecified atom stereocenters. The maximum atomic E-state index is 12.4. The molecule has 5 heterocycles. The smallest absolute Gasteiger partial charge is 0.251 e. The van der Waals surface area contributed by atoms with Crippen LogP contribution in [0.3, 0.4) is 0 Å². The molecule has 1 saturated heterocycles. The first-order valence-electron chi connectivity index (χ1n) is 11.3. The lowest BCUT2D eigenvalue weighted by atomic mass is 10.1. The molecule has 1 aliphatic heterocycles. The van der Waals surface area contributed by atoms with Gasteiger partial charge in [-0.15, -0.1) is 5.10 Å². The van der Waals surface area contributed by atoms with Gasteiger partial charge >= 0.3 is 0 Å². The van der Waals surface area contributed by atoms with Crippen LogP contribution in [-0.2, 0) is 16.1 Å². The van der Waals surface area contributed by atoms with Crippen molar-refractivity contribution in [1.29, 1.82) is 0 Å². The first-order chi connectivity index (χ1) is 17.6. The summed E-state index contributed by atoms with van der Waals surface area (Å²) in [5, 5.41) is 39.7. The minimum Gasteiger partial charge on any atom is -0.387 e. The number of pyridine rings is 1. The topological polar surface area (TPSA) is 202 Å². The predicted molar refractivity (Wildman–Crippen MR) is 115 cm³/mol. The van der Waals surface area contributed by atoms with Crippen molar-refractivity contribution in [3.63, 3.8) is 0 Å². The van der Waals surface area contributed by atoms with Gasteiger partial charge in [0.15, 0.2) is 41.0 Å². The molecule has 0 bridgehead atoms. The van der Waals surface area contributed by atoms with E-state index in [1.807, 2.05) is 0 Å². The number of aromatic amines is 1. The maximum Gasteiger partial charge on any atom is 0.251 e. The van der Waals surface area contributed by atoms with Gasteiger partial charge in [0.25, 0.3) is 5.91 Å². The summed E-state index contributed by atoms with van der Waals surface area (Å²) in [6, 6.07) is 1.60. The van der Waals surface area contributed by atoms with Crippen molar-refractivity contribution >= 4 is 34.5 Å². The molecular formula is C18H18ClN11O4. The van der Waals surface area contributed by atoms with E-state index >= 15 is 0 Å². The highest BCUT2D eigenvalue weighted by molar-refractivity contribution is 6.30. The molecule has 34 heavy (non-hydrogen) atoms. The van der Waals surface area contributed by atoms with Crippen LogP contribution >= 0.6 is 11.6 Å². The number of H-pyrrole nitrogens is 1. The number of carbonyl (C=O) groups is 1. The number of tetrazole rings is 1. The lowest BCUT2D eigenvalue weighted by molar-refractivity contribution is -0.137. The number of imidazole rings is 1. The molecule has 1 fully saturated rings. The summed E-state index contributed by atoms with van der Waals surface area (Å²) >= 11 is 6.09. The van der Waals surface area contributed by atoms with Crippen molar-refractivity contribution in [3.8, 4) is 11.4 Å². The van der Waals surface area contributed by atoms with Gasteiger partial charge in [-0.2, -0.15) is 0 Å². The Morgan fingerprint density at radius 1 is 1.35 bits per heavy atom. The van der Waals surface area contributed by atoms with Crippen molar-refractivity contribution in [3.05, 3.63) is 35.6 Å². The van der Waals surface area contributed by atoms with E-state index in [9.17, 15) is 15.0 Å². The van der Waals surface area contributed by atoms with Crippen molar-refractivity contribution in [2.75, 3.05) is 12.3 Å². The average Bonchev–Trinajstić information content (AvgIpc) is 3.57. The fourth-order valence-electron chi connectivity index (χ4n) is 3.49. The number of amides is 1. The summed E-state index contributed by atoms with van der Waals surface area (Å²) in [5.74, 6) is -0.244. The summed E-state index contributed by atoms with van der Waals surface area (Å²) in [5.41, 5.74) is 0.887. The number of rotatable bonds is 6. The van der Waals surface area contributed by atoms with Crippen molar-refractivity contribution in [2.24, 2.45) is 0 Å². The van der Waals surface area contributed by atoms with Crippen LogP contribution < -0.4 is 10.6 Å². The van der Waals surface area contributed by atoms with Gasteiger partial charge < -0.3 is 25.6 Å². The van der Waals surface area contributed by atoms with Crippen LogP contribution in [0.2, 0.25) is 5.02 Å². The first kappa shape index (κ1) is 18.6. The number of carbonyl (C=O) groups excluding carboxylic acids is 1. The maximum absolute atomic E-state index is 12.4. The van der Waals surface area contributed by atoms with Gasteiger partial charge in [0.1, 0.15) is 12.2 Å². The molecule has 5 rings (SSSR count). The van der Waals surface area contributed by atoms with Crippen LogP contribution in [-0.4, -0.2) is 86.5 Å². The Kier molecular flexibility index (Phi) is 4.85. The second-order valence-electron chi connectivity index (χ2n) is 7.23. The van der Waals surface area contributed by atoms with E-state index in [0.717, 1.165) is 0 Å². The molecule has 0 saturated carbocycles. The molecule has 4 aromatic rings. The summed E-state index contributed by atoms with van der Waals surface area (Å²) in [6.07, 6.45) is -2.11. The molecule has 15 nitrogen and oxygen atoms in total. The van der Waals surface area contributed by atoms with E-state index in [1.54, 1.807) is 11.4 Å². The monoisotopic (exact) mass is 490 g/mol. The second-order valence-corrected chi connectivity index (χ2v) is 7.67. The minimum atomic E-state index is -2.81. The molecule has 5 N–H and O–H groups in total. The largest absolute Gasteiger partial charge is 0.387 e. The number of aromatic nitrogens is 9. The minimum absolute atomic E-state index is 0.151. The molecule has 0 aliphatic carbocycles. The molecule has 4 aromatic heterocycles. The predicted octanol–water partition coefficient (Wildman–Crippen LogP) is -0.968. The van der Waals surface area contributed by atoms with Gasteiger partial charge in [-0.3, -0.25) is 14.3 Å². The fourth-order valence-corrected chi connectivity index (χ4v) is 3.66. The zero-order valence-corrected chi connectivity index (χ0v) is 17.7. The highest BCUT2D eigenvalue weighted by Crippen LogP contribution is 2.33. The van der Waals surface area contributed by atoms with Crippen LogP contribution in [0.4, 0.5) is 5.82 Å². The van der Waals surface area contributed by atoms with Crippen LogP contribution in [0.5, 0.6) is 0 Å². The molecule has 16 heteroatoms. The van der Waals surface area contributed by atoms with Gasteiger partial charge in [-0.1, -0.05) is 11.6 Å². The SMILES string of the molecule is [2H]C([2H])([2H])NC(=O)[C@H]1O[C@@H](n2cnc3c(NCc4nnn[nH]4)nc(-c4cncc(Cl)c4)nc32)[C@H](O)[C@@H]1O. The van der Waals surface area contributed by atoms with E-state index in [-0.39, 0.29) is 29.4 Å². The summed E-state index contributed by atoms with van der Waals surface area (Å²) in [4.78, 5) is 29.8. The number of halogens is 1. The van der Waals surface area contributed by atoms with E-state index in [2.05, 4.69) is 45.9 Å². The number of nitrogens with zero attached hydrogens (tertiary/aromatic N) is 8. The quantitative estimate of drug-likeness (QED) is 0.221. The molecule has 0 spiro atoms. The molecule has 1 amide bonds. The summed E-state index contributed by atoms with van der Waals surface area (Å²) in [7, 11) is 0. The lowest BCUT2D eigenvalue weighted by Crippen LogP contribution is -2.41. The number of likely N-dealkylation sites (N-methyl/N-ethyl adjacent to an activating group) is 1. The molecule has 4 atom stereocenters. The Morgan fingerprint density at radius 3 is 3.00 bits per heavy atom. The van der Waals surface area contributed by atoms with E-state index in [0.29, 0.717) is 16.4 Å². The second kappa shape index (κ2) is 8.86. The van der Waals surface area contributed by atoms with Gasteiger partial charge in [0.05, 0.1) is 17.9 Å². The third-order valence-electron chi connectivity index (χ3n) is 5.09. The summed E-state index contributed by atoms with van der Waals surface area (Å²) < 4.78 is 28.5. The Balaban J connectivity index is 1.54. The number of ether oxygens (including phenoxy) is 1. The summed E-state index contributed by atoms with van der Waals surface area (Å²) in [6.45, 7) is -2.66. The normalized spacial score (nSPS) is 23.9. The zero-order valence-electron chi connectivity index (χ0n) is 20.0. The first-order valence-corrected chi connectivity index (χ1v) is 10.1. The molecule has 0 aromatic carbocycles. The highest BCUT2D eigenvalue weighted by atomic mass is 35.5. The molecular weight excluding hydrogens is 470 g/mol. The van der Waals surface area contributed by atoms with Gasteiger partial charge in [0, 0.05) is 29.0 Å². The molecule has 1 aliphatic rings. The third kappa shape index (κ3) is 3.90. The van der Waals surface area contributed by atoms with Crippen LogP contribution in [0, 0.1) is 0 Å². The van der Waals surface area contributed by atoms with Crippen molar-refractivity contribution in [2.45, 2.75) is 31.1 Å². The number of hydrogen-bond acceptors (Lipinski definition) is 12. The van der Waals surface area contributed by atoms with Crippen LogP contribution in [0.25, 0.3) is 22.6 Å². The average molecular weight is 491 g/mol. The number of anilines is 1. The van der Waals surface area contributed by atoms with Crippen molar-refractivity contribution in [1.82, 2.24) is 50.4 Å². The standard InChI is InChI=1S/C18H18ClN11O4/c1-20-17(33)13-11(31)12(32)18(34-13)30-6-23-10-15(22-5-9-26-28-29-27-9)24-14(25-16(10)30)7-2-8(19)4-21-3-7/h2-4,6,11-13,18,31-32H,5H2,1H3,(H,20,33)(H,22,24,25)(H,26,27,28,29)/t11-,12+,13-,18+/m0/s1/i1D3. The van der Waals surface area contributed by atoms with Gasteiger partial charge in [-0.05, 0) is 16.5 Å². The number of aliphatic hydroxyl groups excluding tert-OH is 2. The molecule has 0 radical (unpaired) electrons. The van der Waals surface area contributed by atoms with E-state index < -0.39 is 37.4 Å².